The average Bonchev–Trinajstić information content (AvgIpc) is 2.28. The lowest BCUT2D eigenvalue weighted by Gasteiger charge is -2.13. The second-order valence-electron chi connectivity index (χ2n) is 4.49. The van der Waals surface area contributed by atoms with Crippen molar-refractivity contribution >= 4 is 26.6 Å². The molecule has 0 aromatic heterocycles. The molecule has 0 saturated carbocycles. The summed E-state index contributed by atoms with van der Waals surface area (Å²) in [6.07, 6.45) is 0. The summed E-state index contributed by atoms with van der Waals surface area (Å²) in [5, 5.41) is 0. The Morgan fingerprint density at radius 1 is 0.812 bits per heavy atom. The molecule has 2 rings (SSSR count). The Morgan fingerprint density at radius 3 is 2.19 bits per heavy atom. The minimum absolute atomic E-state index is 1.34. The first kappa shape index (κ1) is 11.1. The second kappa shape index (κ2) is 4.21. The highest BCUT2D eigenvalue weighted by atomic mass is 14.1. The molecule has 0 atom stereocenters. The van der Waals surface area contributed by atoms with Gasteiger partial charge in [0, 0.05) is 0 Å². The molecule has 0 N–H and O–H groups in total. The fourth-order valence-corrected chi connectivity index (χ4v) is 2.12. The zero-order chi connectivity index (χ0) is 11.7. The van der Waals surface area contributed by atoms with E-state index in [0.717, 1.165) is 0 Å². The van der Waals surface area contributed by atoms with E-state index in [1.807, 2.05) is 0 Å². The van der Waals surface area contributed by atoms with Gasteiger partial charge in [-0.25, -0.2) is 0 Å². The van der Waals surface area contributed by atoms with Crippen molar-refractivity contribution in [2.75, 3.05) is 0 Å². The van der Waals surface area contributed by atoms with Crippen LogP contribution in [0.3, 0.4) is 0 Å². The van der Waals surface area contributed by atoms with Gasteiger partial charge in [-0.1, -0.05) is 52.9 Å². The molecule has 0 spiro atoms. The molecule has 0 heterocycles. The number of benzene rings is 2. The van der Waals surface area contributed by atoms with Gasteiger partial charge in [-0.15, -0.1) is 0 Å². The minimum Gasteiger partial charge on any atom is -0.0948 e. The highest BCUT2D eigenvalue weighted by Crippen LogP contribution is 2.24. The zero-order valence-corrected chi connectivity index (χ0v) is 10.5. The standard InChI is InChI=1S/C14H16B2/c1-9-5-3-4-6-11(9)12-7-8-13(15)14(16)10(12)2/h3-8H,15-16H2,1-2H3. The van der Waals surface area contributed by atoms with Crippen LogP contribution in [0.2, 0.25) is 0 Å². The molecule has 0 nitrogen and oxygen atoms in total. The fourth-order valence-electron chi connectivity index (χ4n) is 2.12. The minimum atomic E-state index is 1.34. The van der Waals surface area contributed by atoms with E-state index in [1.165, 1.54) is 33.2 Å². The van der Waals surface area contributed by atoms with E-state index in [-0.39, 0.29) is 0 Å². The van der Waals surface area contributed by atoms with Gasteiger partial charge in [0.05, 0.1) is 0 Å². The summed E-state index contributed by atoms with van der Waals surface area (Å²) in [4.78, 5) is 0. The smallest absolute Gasteiger partial charge is 0.0948 e. The van der Waals surface area contributed by atoms with E-state index in [9.17, 15) is 0 Å². The third kappa shape index (κ3) is 1.80. The number of hydrogen-bond acceptors (Lipinski definition) is 0. The lowest BCUT2D eigenvalue weighted by molar-refractivity contribution is 1.43. The Balaban J connectivity index is 2.66. The molecule has 0 saturated heterocycles. The van der Waals surface area contributed by atoms with Crippen molar-refractivity contribution in [1.29, 1.82) is 0 Å². The molecule has 2 aromatic carbocycles. The van der Waals surface area contributed by atoms with E-state index in [2.05, 4.69) is 65.9 Å². The maximum absolute atomic E-state index is 2.24. The lowest BCUT2D eigenvalue weighted by atomic mass is 9.75. The second-order valence-corrected chi connectivity index (χ2v) is 4.49. The van der Waals surface area contributed by atoms with Crippen LogP contribution in [0.15, 0.2) is 36.4 Å². The molecule has 78 valence electrons. The summed E-state index contributed by atoms with van der Waals surface area (Å²) in [5.41, 5.74) is 8.23. The SMILES string of the molecule is Bc1ccc(-c2ccccc2C)c(C)c1B. The zero-order valence-electron chi connectivity index (χ0n) is 10.5. The Hall–Kier alpha value is -1.43. The van der Waals surface area contributed by atoms with E-state index in [4.69, 9.17) is 0 Å². The van der Waals surface area contributed by atoms with Gasteiger partial charge in [-0.2, -0.15) is 0 Å². The number of hydrogen-bond donors (Lipinski definition) is 0. The van der Waals surface area contributed by atoms with Crippen LogP contribution in [-0.4, -0.2) is 15.7 Å². The van der Waals surface area contributed by atoms with Gasteiger partial charge in [0.1, 0.15) is 15.7 Å². The van der Waals surface area contributed by atoms with Crippen molar-refractivity contribution in [2.45, 2.75) is 13.8 Å². The van der Waals surface area contributed by atoms with Crippen LogP contribution >= 0.6 is 0 Å². The molecule has 16 heavy (non-hydrogen) atoms. The van der Waals surface area contributed by atoms with Crippen LogP contribution in [0.5, 0.6) is 0 Å². The molecule has 0 aliphatic carbocycles. The highest BCUT2D eigenvalue weighted by Gasteiger charge is 2.07. The topological polar surface area (TPSA) is 0 Å². The molecule has 0 aliphatic rings. The largest absolute Gasteiger partial charge is 0.138 e. The van der Waals surface area contributed by atoms with Crippen LogP contribution in [-0.2, 0) is 0 Å². The summed E-state index contributed by atoms with van der Waals surface area (Å²) in [5.74, 6) is 0. The fraction of sp³-hybridized carbons (Fsp3) is 0.143. The summed E-state index contributed by atoms with van der Waals surface area (Å²) in [6.45, 7) is 4.38. The number of rotatable bonds is 1. The van der Waals surface area contributed by atoms with Gasteiger partial charge >= 0.3 is 0 Å². The van der Waals surface area contributed by atoms with E-state index in [0.29, 0.717) is 0 Å². The molecule has 0 aliphatic heterocycles. The van der Waals surface area contributed by atoms with Gasteiger partial charge in [-0.3, -0.25) is 0 Å². The maximum Gasteiger partial charge on any atom is 0.138 e. The van der Waals surface area contributed by atoms with Crippen LogP contribution in [0.25, 0.3) is 11.1 Å². The third-order valence-electron chi connectivity index (χ3n) is 3.49. The molecular formula is C14H16B2. The van der Waals surface area contributed by atoms with Crippen LogP contribution in [0.1, 0.15) is 11.1 Å². The van der Waals surface area contributed by atoms with E-state index < -0.39 is 0 Å². The van der Waals surface area contributed by atoms with Gasteiger partial charge < -0.3 is 0 Å². The molecule has 0 radical (unpaired) electrons. The summed E-state index contributed by atoms with van der Waals surface area (Å²) in [7, 11) is 4.37. The van der Waals surface area contributed by atoms with Crippen molar-refractivity contribution in [3.8, 4) is 11.1 Å². The molecule has 2 heteroatoms. The maximum atomic E-state index is 2.24. The first-order valence-corrected chi connectivity index (χ1v) is 5.74. The predicted molar refractivity (Wildman–Crippen MR) is 77.7 cm³/mol. The van der Waals surface area contributed by atoms with Gasteiger partial charge in [0.25, 0.3) is 0 Å². The van der Waals surface area contributed by atoms with Crippen LogP contribution < -0.4 is 10.9 Å². The highest BCUT2D eigenvalue weighted by molar-refractivity contribution is 6.49. The number of aryl methyl sites for hydroxylation is 1. The molecular weight excluding hydrogens is 190 g/mol. The van der Waals surface area contributed by atoms with Crippen molar-refractivity contribution in [3.63, 3.8) is 0 Å². The van der Waals surface area contributed by atoms with Crippen molar-refractivity contribution in [3.05, 3.63) is 47.5 Å². The summed E-state index contributed by atoms with van der Waals surface area (Å²) >= 11 is 0. The quantitative estimate of drug-likeness (QED) is 0.595. The molecule has 2 aromatic rings. The summed E-state index contributed by atoms with van der Waals surface area (Å²) in [6, 6.07) is 13.0. The Kier molecular flexibility index (Phi) is 2.91. The predicted octanol–water partition coefficient (Wildman–Crippen LogP) is 0.487. The Labute approximate surface area is 99.5 Å². The molecule has 0 unspecified atom stereocenters. The van der Waals surface area contributed by atoms with Crippen LogP contribution in [0, 0.1) is 13.8 Å². The first-order valence-electron chi connectivity index (χ1n) is 5.74. The van der Waals surface area contributed by atoms with Gasteiger partial charge in [-0.05, 0) is 30.5 Å². The average molecular weight is 206 g/mol. The van der Waals surface area contributed by atoms with Crippen LogP contribution in [0.4, 0.5) is 0 Å². The van der Waals surface area contributed by atoms with Crippen molar-refractivity contribution in [1.82, 2.24) is 0 Å². The first-order chi connectivity index (χ1) is 7.61. The normalized spacial score (nSPS) is 10.4. The van der Waals surface area contributed by atoms with Gasteiger partial charge in [0.15, 0.2) is 0 Å². The van der Waals surface area contributed by atoms with E-state index in [1.54, 1.807) is 0 Å². The van der Waals surface area contributed by atoms with E-state index >= 15 is 0 Å². The lowest BCUT2D eigenvalue weighted by Crippen LogP contribution is -2.28. The molecule has 0 fully saturated rings. The third-order valence-corrected chi connectivity index (χ3v) is 3.49. The molecule has 0 bridgehead atoms. The summed E-state index contributed by atoms with van der Waals surface area (Å²) < 4.78 is 0. The Bertz CT molecular complexity index is 530. The Morgan fingerprint density at radius 2 is 1.50 bits per heavy atom. The van der Waals surface area contributed by atoms with Crippen molar-refractivity contribution in [2.24, 2.45) is 0 Å². The molecule has 0 amide bonds. The monoisotopic (exact) mass is 206 g/mol. The van der Waals surface area contributed by atoms with Gasteiger partial charge in [0.2, 0.25) is 0 Å². The van der Waals surface area contributed by atoms with Crippen molar-refractivity contribution < 1.29 is 0 Å².